The molecule has 4 aromatic rings. The molecule has 0 amide bonds. The van der Waals surface area contributed by atoms with Crippen molar-refractivity contribution in [2.24, 2.45) is 0 Å². The summed E-state index contributed by atoms with van der Waals surface area (Å²) in [5.41, 5.74) is 2.05. The summed E-state index contributed by atoms with van der Waals surface area (Å²) in [7, 11) is 0. The van der Waals surface area contributed by atoms with E-state index in [1.807, 2.05) is 19.2 Å². The summed E-state index contributed by atoms with van der Waals surface area (Å²) in [5.74, 6) is 0.491. The molecule has 0 radical (unpaired) electrons. The number of fused-ring (bicyclic) bond motifs is 1. The molecule has 1 N–H and O–H groups in total. The number of nitrogens with one attached hydrogen (secondary N) is 1. The van der Waals surface area contributed by atoms with Crippen LogP contribution in [-0.2, 0) is 6.54 Å². The maximum atomic E-state index is 13.9. The van der Waals surface area contributed by atoms with Crippen molar-refractivity contribution >= 4 is 16.6 Å². The molecule has 4 rings (SSSR count). The van der Waals surface area contributed by atoms with Crippen LogP contribution in [0.4, 0.5) is 10.2 Å². The van der Waals surface area contributed by atoms with Gasteiger partial charge in [-0.1, -0.05) is 12.1 Å². The third-order valence-corrected chi connectivity index (χ3v) is 4.02. The van der Waals surface area contributed by atoms with Crippen LogP contribution in [0.25, 0.3) is 16.6 Å². The molecule has 3 aromatic heterocycles. The van der Waals surface area contributed by atoms with Gasteiger partial charge in [-0.15, -0.1) is 5.10 Å². The Morgan fingerprint density at radius 1 is 1.12 bits per heavy atom. The maximum Gasteiger partial charge on any atom is 0.189 e. The highest BCUT2D eigenvalue weighted by molar-refractivity contribution is 5.82. The summed E-state index contributed by atoms with van der Waals surface area (Å²) in [6.45, 7) is 2.55. The lowest BCUT2D eigenvalue weighted by atomic mass is 10.1. The zero-order valence-corrected chi connectivity index (χ0v) is 13.6. The molecule has 0 spiro atoms. The second-order valence-corrected chi connectivity index (χ2v) is 5.82. The number of aromatic nitrogens is 4. The Balaban J connectivity index is 1.55. The molecule has 5 nitrogen and oxygen atoms in total. The minimum atomic E-state index is -0.404. The fraction of sp³-hybridized carbons (Fsp3) is 0.105. The average Bonchev–Trinajstić information content (AvgIpc) is 3.00. The molecule has 0 fully saturated rings. The third kappa shape index (κ3) is 3.06. The molecule has 0 aliphatic heterocycles. The van der Waals surface area contributed by atoms with Crippen LogP contribution in [0.1, 0.15) is 11.1 Å². The normalized spacial score (nSPS) is 11.0. The summed E-state index contributed by atoms with van der Waals surface area (Å²) in [5, 5.41) is 9.96. The molecular formula is C19H16FN5. The molecule has 0 atom stereocenters. The molecule has 3 heterocycles. The fourth-order valence-electron chi connectivity index (χ4n) is 2.72. The average molecular weight is 333 g/mol. The molecule has 0 saturated heterocycles. The smallest absolute Gasteiger partial charge is 0.189 e. The molecule has 0 aliphatic carbocycles. The topological polar surface area (TPSA) is 55.6 Å². The number of pyridine rings is 2. The first kappa shape index (κ1) is 15.3. The van der Waals surface area contributed by atoms with Gasteiger partial charge in [0.05, 0.1) is 0 Å². The van der Waals surface area contributed by atoms with Crippen molar-refractivity contribution < 1.29 is 4.39 Å². The Morgan fingerprint density at radius 2 is 2.04 bits per heavy atom. The van der Waals surface area contributed by atoms with Gasteiger partial charge in [-0.3, -0.25) is 4.98 Å². The molecule has 6 heteroatoms. The lowest BCUT2D eigenvalue weighted by Gasteiger charge is -2.06. The second-order valence-electron chi connectivity index (χ2n) is 5.82. The van der Waals surface area contributed by atoms with Gasteiger partial charge >= 0.3 is 0 Å². The molecule has 0 bridgehead atoms. The van der Waals surface area contributed by atoms with Crippen LogP contribution in [0.2, 0.25) is 0 Å². The van der Waals surface area contributed by atoms with Gasteiger partial charge in [0, 0.05) is 42.3 Å². The van der Waals surface area contributed by atoms with Crippen molar-refractivity contribution in [3.63, 3.8) is 0 Å². The largest absolute Gasteiger partial charge is 0.364 e. The SMILES string of the molecule is Cc1cn(-c2ncccc2F)nc1NCc1ccc2ccncc2c1. The number of rotatable bonds is 4. The van der Waals surface area contributed by atoms with Crippen LogP contribution in [0.3, 0.4) is 0 Å². The number of hydrogen-bond acceptors (Lipinski definition) is 4. The van der Waals surface area contributed by atoms with Crippen LogP contribution >= 0.6 is 0 Å². The van der Waals surface area contributed by atoms with Crippen molar-refractivity contribution in [1.29, 1.82) is 0 Å². The number of anilines is 1. The Hall–Kier alpha value is -3.28. The van der Waals surface area contributed by atoms with Crippen molar-refractivity contribution in [3.05, 3.63) is 78.1 Å². The van der Waals surface area contributed by atoms with E-state index in [1.54, 1.807) is 24.7 Å². The van der Waals surface area contributed by atoms with Gasteiger partial charge in [0.1, 0.15) is 0 Å². The van der Waals surface area contributed by atoms with Crippen LogP contribution < -0.4 is 5.32 Å². The van der Waals surface area contributed by atoms with Crippen LogP contribution in [0.15, 0.2) is 61.2 Å². The quantitative estimate of drug-likeness (QED) is 0.616. The monoisotopic (exact) mass is 333 g/mol. The Morgan fingerprint density at radius 3 is 2.92 bits per heavy atom. The van der Waals surface area contributed by atoms with Crippen molar-refractivity contribution in [3.8, 4) is 5.82 Å². The molecule has 25 heavy (non-hydrogen) atoms. The first-order valence-corrected chi connectivity index (χ1v) is 7.94. The lowest BCUT2D eigenvalue weighted by Crippen LogP contribution is -2.04. The van der Waals surface area contributed by atoms with E-state index in [-0.39, 0.29) is 5.82 Å². The molecular weight excluding hydrogens is 317 g/mol. The Kier molecular flexibility index (Phi) is 3.85. The summed E-state index contributed by atoms with van der Waals surface area (Å²) in [6, 6.07) is 11.2. The standard InChI is InChI=1S/C19H16FN5/c1-13-12-25(19-17(20)3-2-7-22-19)24-18(13)23-10-14-4-5-15-6-8-21-11-16(15)9-14/h2-9,11-12H,10H2,1H3,(H,23,24). The molecule has 0 aliphatic rings. The zero-order chi connectivity index (χ0) is 17.2. The van der Waals surface area contributed by atoms with Gasteiger partial charge in [-0.05, 0) is 42.1 Å². The first-order valence-electron chi connectivity index (χ1n) is 7.94. The van der Waals surface area contributed by atoms with Crippen molar-refractivity contribution in [1.82, 2.24) is 19.7 Å². The van der Waals surface area contributed by atoms with E-state index in [9.17, 15) is 4.39 Å². The van der Waals surface area contributed by atoms with Crippen LogP contribution in [0, 0.1) is 12.7 Å². The highest BCUT2D eigenvalue weighted by Gasteiger charge is 2.10. The maximum absolute atomic E-state index is 13.9. The van der Waals surface area contributed by atoms with Crippen molar-refractivity contribution in [2.45, 2.75) is 13.5 Å². The predicted octanol–water partition coefficient (Wildman–Crippen LogP) is 3.88. The van der Waals surface area contributed by atoms with Gasteiger partial charge in [-0.25, -0.2) is 14.1 Å². The molecule has 1 aromatic carbocycles. The van der Waals surface area contributed by atoms with E-state index in [2.05, 4.69) is 38.6 Å². The number of hydrogen-bond donors (Lipinski definition) is 1. The number of halogens is 1. The van der Waals surface area contributed by atoms with E-state index < -0.39 is 5.82 Å². The van der Waals surface area contributed by atoms with Crippen molar-refractivity contribution in [2.75, 3.05) is 5.32 Å². The summed E-state index contributed by atoms with van der Waals surface area (Å²) in [4.78, 5) is 8.20. The van der Waals surface area contributed by atoms with E-state index in [1.165, 1.54) is 10.7 Å². The summed E-state index contributed by atoms with van der Waals surface area (Å²) >= 11 is 0. The number of aryl methyl sites for hydroxylation is 1. The number of benzene rings is 1. The van der Waals surface area contributed by atoms with E-state index in [0.29, 0.717) is 12.4 Å². The van der Waals surface area contributed by atoms with Crippen LogP contribution in [0.5, 0.6) is 0 Å². The minimum absolute atomic E-state index is 0.190. The Bertz CT molecular complexity index is 1040. The zero-order valence-electron chi connectivity index (χ0n) is 13.6. The van der Waals surface area contributed by atoms with Gasteiger partial charge in [-0.2, -0.15) is 0 Å². The minimum Gasteiger partial charge on any atom is -0.364 e. The number of nitrogens with zero attached hydrogens (tertiary/aromatic N) is 4. The van der Waals surface area contributed by atoms with Gasteiger partial charge in [0.15, 0.2) is 17.5 Å². The predicted molar refractivity (Wildman–Crippen MR) is 95.1 cm³/mol. The van der Waals surface area contributed by atoms with Crippen LogP contribution in [-0.4, -0.2) is 19.7 Å². The third-order valence-electron chi connectivity index (χ3n) is 4.02. The highest BCUT2D eigenvalue weighted by atomic mass is 19.1. The van der Waals surface area contributed by atoms with Gasteiger partial charge in [0.25, 0.3) is 0 Å². The lowest BCUT2D eigenvalue weighted by molar-refractivity contribution is 0.601. The highest BCUT2D eigenvalue weighted by Crippen LogP contribution is 2.19. The van der Waals surface area contributed by atoms with E-state index in [4.69, 9.17) is 0 Å². The Labute approximate surface area is 144 Å². The molecule has 0 unspecified atom stereocenters. The summed E-state index contributed by atoms with van der Waals surface area (Å²) < 4.78 is 15.3. The van der Waals surface area contributed by atoms with Gasteiger partial charge in [0.2, 0.25) is 0 Å². The summed E-state index contributed by atoms with van der Waals surface area (Å²) in [6.07, 6.45) is 6.94. The first-order chi connectivity index (χ1) is 12.2. The second kappa shape index (κ2) is 6.32. The fourth-order valence-corrected chi connectivity index (χ4v) is 2.72. The van der Waals surface area contributed by atoms with Gasteiger partial charge < -0.3 is 5.32 Å². The molecule has 0 saturated carbocycles. The van der Waals surface area contributed by atoms with E-state index >= 15 is 0 Å². The molecule has 124 valence electrons. The van der Waals surface area contributed by atoms with E-state index in [0.717, 1.165) is 21.9 Å².